The average molecular weight is 457 g/mol. The summed E-state index contributed by atoms with van der Waals surface area (Å²) in [6.45, 7) is 3.56. The molecule has 0 unspecified atom stereocenters. The zero-order chi connectivity index (χ0) is 22.6. The summed E-state index contributed by atoms with van der Waals surface area (Å²) in [6, 6.07) is 22.5. The topological polar surface area (TPSA) is 66.5 Å². The number of amides is 1. The van der Waals surface area contributed by atoms with Crippen LogP contribution in [0.3, 0.4) is 0 Å². The fourth-order valence-electron chi connectivity index (χ4n) is 3.45. The number of carbonyl (C=O) groups is 1. The van der Waals surface area contributed by atoms with Crippen LogP contribution in [-0.4, -0.2) is 26.6 Å². The summed E-state index contributed by atoms with van der Waals surface area (Å²) in [6.07, 6.45) is 1.08. The molecule has 0 aliphatic carbocycles. The van der Waals surface area contributed by atoms with Crippen molar-refractivity contribution in [3.8, 4) is 0 Å². The second kappa shape index (κ2) is 9.54. The Hall–Kier alpha value is -2.83. The van der Waals surface area contributed by atoms with E-state index < -0.39 is 28.0 Å². The number of rotatable bonds is 7. The highest BCUT2D eigenvalue weighted by Crippen LogP contribution is 2.26. The lowest BCUT2D eigenvalue weighted by Crippen LogP contribution is -2.48. The summed E-state index contributed by atoms with van der Waals surface area (Å²) in [5, 5.41) is 3.42. The van der Waals surface area contributed by atoms with Crippen molar-refractivity contribution in [1.29, 1.82) is 0 Å². The molecule has 0 saturated carbocycles. The number of carbonyl (C=O) groups excluding carboxylic acids is 1. The predicted molar refractivity (Wildman–Crippen MR) is 126 cm³/mol. The quantitative estimate of drug-likeness (QED) is 0.560. The molecule has 0 aliphatic rings. The molecule has 7 heteroatoms. The van der Waals surface area contributed by atoms with Crippen LogP contribution < -0.4 is 9.62 Å². The van der Waals surface area contributed by atoms with E-state index in [-0.39, 0.29) is 0 Å². The lowest BCUT2D eigenvalue weighted by Gasteiger charge is -2.30. The first-order valence-corrected chi connectivity index (χ1v) is 12.1. The van der Waals surface area contributed by atoms with Crippen molar-refractivity contribution in [2.45, 2.75) is 25.9 Å². The Balaban J connectivity index is 1.95. The lowest BCUT2D eigenvalue weighted by atomic mass is 9.97. The summed E-state index contributed by atoms with van der Waals surface area (Å²) in [5.41, 5.74) is 3.26. The first kappa shape index (κ1) is 22.8. The van der Waals surface area contributed by atoms with E-state index in [2.05, 4.69) is 5.32 Å². The third kappa shape index (κ3) is 5.66. The molecule has 0 heterocycles. The van der Waals surface area contributed by atoms with Crippen molar-refractivity contribution < 1.29 is 13.2 Å². The van der Waals surface area contributed by atoms with Crippen LogP contribution in [-0.2, 0) is 14.8 Å². The Morgan fingerprint density at radius 2 is 1.55 bits per heavy atom. The van der Waals surface area contributed by atoms with Crippen molar-refractivity contribution in [1.82, 2.24) is 5.32 Å². The zero-order valence-corrected chi connectivity index (χ0v) is 19.2. The van der Waals surface area contributed by atoms with Crippen LogP contribution >= 0.6 is 11.6 Å². The highest BCUT2D eigenvalue weighted by Gasteiger charge is 2.31. The molecule has 3 aromatic carbocycles. The van der Waals surface area contributed by atoms with Crippen LogP contribution in [0.25, 0.3) is 0 Å². The van der Waals surface area contributed by atoms with Crippen LogP contribution in [0, 0.1) is 6.92 Å². The summed E-state index contributed by atoms with van der Waals surface area (Å²) >= 11 is 6.06. The number of nitrogens with zero attached hydrogens (tertiary/aromatic N) is 1. The standard InChI is InChI=1S/C24H25ClN2O3S/c1-17-12-14-20(15-13-17)23(19-8-5-4-6-9-19)26-24(28)18(2)27(31(3,29)30)22-11-7-10-21(25)16-22/h4-16,18,23H,1-3H3,(H,26,28)/t18-,23+/m1/s1. The molecule has 0 fully saturated rings. The lowest BCUT2D eigenvalue weighted by molar-refractivity contribution is -0.122. The number of sulfonamides is 1. The second-order valence-electron chi connectivity index (χ2n) is 7.48. The summed E-state index contributed by atoms with van der Waals surface area (Å²) in [7, 11) is -3.74. The Kier molecular flexibility index (Phi) is 7.03. The van der Waals surface area contributed by atoms with E-state index in [1.54, 1.807) is 25.1 Å². The van der Waals surface area contributed by atoms with Crippen LogP contribution in [0.15, 0.2) is 78.9 Å². The maximum atomic E-state index is 13.3. The van der Waals surface area contributed by atoms with E-state index in [9.17, 15) is 13.2 Å². The number of hydrogen-bond donors (Lipinski definition) is 1. The van der Waals surface area contributed by atoms with Crippen LogP contribution in [0.4, 0.5) is 5.69 Å². The van der Waals surface area contributed by atoms with E-state index in [0.29, 0.717) is 10.7 Å². The van der Waals surface area contributed by atoms with Crippen molar-refractivity contribution in [2.75, 3.05) is 10.6 Å². The zero-order valence-electron chi connectivity index (χ0n) is 17.6. The third-order valence-corrected chi connectivity index (χ3v) is 6.46. The van der Waals surface area contributed by atoms with Gasteiger partial charge >= 0.3 is 0 Å². The number of hydrogen-bond acceptors (Lipinski definition) is 3. The molecule has 1 amide bonds. The SMILES string of the molecule is Cc1ccc([C@@H](NC(=O)[C@@H](C)N(c2cccc(Cl)c2)S(C)(=O)=O)c2ccccc2)cc1. The summed E-state index contributed by atoms with van der Waals surface area (Å²) in [5.74, 6) is -0.417. The predicted octanol–water partition coefficient (Wildman–Crippen LogP) is 4.71. The fourth-order valence-corrected chi connectivity index (χ4v) is 4.80. The third-order valence-electron chi connectivity index (χ3n) is 4.98. The monoisotopic (exact) mass is 456 g/mol. The Bertz CT molecular complexity index is 1150. The minimum Gasteiger partial charge on any atom is -0.343 e. The number of benzene rings is 3. The fraction of sp³-hybridized carbons (Fsp3) is 0.208. The number of halogens is 1. The number of anilines is 1. The van der Waals surface area contributed by atoms with Gasteiger partial charge in [0.25, 0.3) is 0 Å². The van der Waals surface area contributed by atoms with E-state index in [0.717, 1.165) is 27.3 Å². The van der Waals surface area contributed by atoms with Crippen molar-refractivity contribution in [3.05, 3.63) is 101 Å². The Morgan fingerprint density at radius 1 is 0.935 bits per heavy atom. The van der Waals surface area contributed by atoms with E-state index >= 15 is 0 Å². The summed E-state index contributed by atoms with van der Waals surface area (Å²) < 4.78 is 26.2. The Labute approximate surface area is 188 Å². The molecule has 31 heavy (non-hydrogen) atoms. The minimum absolute atomic E-state index is 0.337. The van der Waals surface area contributed by atoms with Gasteiger partial charge in [0.1, 0.15) is 6.04 Å². The number of nitrogens with one attached hydrogen (secondary N) is 1. The van der Waals surface area contributed by atoms with Gasteiger partial charge in [0.15, 0.2) is 0 Å². The van der Waals surface area contributed by atoms with Gasteiger partial charge < -0.3 is 5.32 Å². The maximum Gasteiger partial charge on any atom is 0.244 e. The molecule has 1 N–H and O–H groups in total. The van der Waals surface area contributed by atoms with Gasteiger partial charge in [-0.05, 0) is 43.2 Å². The van der Waals surface area contributed by atoms with E-state index in [1.165, 1.54) is 6.07 Å². The van der Waals surface area contributed by atoms with Gasteiger partial charge in [0.2, 0.25) is 15.9 Å². The highest BCUT2D eigenvalue weighted by molar-refractivity contribution is 7.92. The van der Waals surface area contributed by atoms with Gasteiger partial charge in [-0.3, -0.25) is 9.10 Å². The van der Waals surface area contributed by atoms with Gasteiger partial charge in [-0.15, -0.1) is 0 Å². The molecular weight excluding hydrogens is 432 g/mol. The normalized spacial score (nSPS) is 13.3. The maximum absolute atomic E-state index is 13.3. The van der Waals surface area contributed by atoms with Gasteiger partial charge in [-0.2, -0.15) is 0 Å². The molecule has 0 aliphatic heterocycles. The molecule has 0 spiro atoms. The van der Waals surface area contributed by atoms with Crippen molar-refractivity contribution >= 4 is 33.2 Å². The second-order valence-corrected chi connectivity index (χ2v) is 9.77. The molecule has 162 valence electrons. The summed E-state index contributed by atoms with van der Waals surface area (Å²) in [4.78, 5) is 13.3. The van der Waals surface area contributed by atoms with Gasteiger partial charge in [-0.1, -0.05) is 77.8 Å². The average Bonchev–Trinajstić information content (AvgIpc) is 2.72. The smallest absolute Gasteiger partial charge is 0.244 e. The van der Waals surface area contributed by atoms with E-state index in [1.807, 2.05) is 61.5 Å². The highest BCUT2D eigenvalue weighted by atomic mass is 35.5. The van der Waals surface area contributed by atoms with Gasteiger partial charge in [0.05, 0.1) is 18.0 Å². The van der Waals surface area contributed by atoms with Crippen molar-refractivity contribution in [2.24, 2.45) is 0 Å². The van der Waals surface area contributed by atoms with Gasteiger partial charge in [-0.25, -0.2) is 8.42 Å². The van der Waals surface area contributed by atoms with E-state index in [4.69, 9.17) is 11.6 Å². The molecular formula is C24H25ClN2O3S. The van der Waals surface area contributed by atoms with Gasteiger partial charge in [0, 0.05) is 5.02 Å². The molecule has 0 aromatic heterocycles. The van der Waals surface area contributed by atoms with Crippen molar-refractivity contribution in [3.63, 3.8) is 0 Å². The molecule has 3 aromatic rings. The van der Waals surface area contributed by atoms with Crippen LogP contribution in [0.2, 0.25) is 5.02 Å². The number of aryl methyl sites for hydroxylation is 1. The molecule has 5 nitrogen and oxygen atoms in total. The largest absolute Gasteiger partial charge is 0.343 e. The van der Waals surface area contributed by atoms with Crippen LogP contribution in [0.5, 0.6) is 0 Å². The first-order valence-electron chi connectivity index (χ1n) is 9.83. The molecule has 0 radical (unpaired) electrons. The molecule has 0 bridgehead atoms. The minimum atomic E-state index is -3.74. The molecule has 2 atom stereocenters. The van der Waals surface area contributed by atoms with Crippen LogP contribution in [0.1, 0.15) is 29.7 Å². The molecule has 3 rings (SSSR count). The first-order chi connectivity index (χ1) is 14.7. The Morgan fingerprint density at radius 3 is 2.13 bits per heavy atom. The molecule has 0 saturated heterocycles.